The van der Waals surface area contributed by atoms with Crippen molar-refractivity contribution >= 4 is 0 Å². The van der Waals surface area contributed by atoms with Crippen LogP contribution in [0.15, 0.2) is 28.7 Å². The maximum Gasteiger partial charge on any atom is 0.247 e. The lowest BCUT2D eigenvalue weighted by Gasteiger charge is -2.07. The first-order chi connectivity index (χ1) is 8.24. The summed E-state index contributed by atoms with van der Waals surface area (Å²) < 4.78 is 18.3. The van der Waals surface area contributed by atoms with E-state index < -0.39 is 0 Å². The van der Waals surface area contributed by atoms with Gasteiger partial charge in [0.2, 0.25) is 11.8 Å². The molecule has 0 saturated heterocycles. The van der Waals surface area contributed by atoms with Crippen LogP contribution in [0, 0.1) is 5.82 Å². The zero-order valence-electron chi connectivity index (χ0n) is 9.77. The molecule has 2 aromatic rings. The van der Waals surface area contributed by atoms with E-state index in [9.17, 15) is 4.39 Å². The van der Waals surface area contributed by atoms with Crippen LogP contribution in [-0.2, 0) is 0 Å². The van der Waals surface area contributed by atoms with Gasteiger partial charge in [-0.3, -0.25) is 0 Å². The maximum atomic E-state index is 12.8. The van der Waals surface area contributed by atoms with Crippen LogP contribution in [0.5, 0.6) is 0 Å². The number of hydrogen-bond acceptors (Lipinski definition) is 4. The van der Waals surface area contributed by atoms with Crippen molar-refractivity contribution in [2.24, 2.45) is 0 Å². The zero-order valence-corrected chi connectivity index (χ0v) is 9.77. The van der Waals surface area contributed by atoms with Crippen LogP contribution in [0.3, 0.4) is 0 Å². The van der Waals surface area contributed by atoms with Crippen molar-refractivity contribution in [2.45, 2.75) is 19.4 Å². The summed E-state index contributed by atoms with van der Waals surface area (Å²) >= 11 is 0. The first-order valence-electron chi connectivity index (χ1n) is 5.51. The Labute approximate surface area is 98.9 Å². The van der Waals surface area contributed by atoms with Gasteiger partial charge < -0.3 is 9.73 Å². The molecule has 0 aliphatic rings. The average Bonchev–Trinajstić information content (AvgIpc) is 2.81. The number of benzene rings is 1. The van der Waals surface area contributed by atoms with Gasteiger partial charge in [-0.25, -0.2) is 4.39 Å². The van der Waals surface area contributed by atoms with E-state index in [1.165, 1.54) is 12.1 Å². The second kappa shape index (κ2) is 5.05. The molecule has 0 saturated carbocycles. The quantitative estimate of drug-likeness (QED) is 0.884. The molecule has 1 N–H and O–H groups in total. The average molecular weight is 235 g/mol. The van der Waals surface area contributed by atoms with Gasteiger partial charge in [-0.05, 0) is 37.7 Å². The van der Waals surface area contributed by atoms with E-state index in [0.29, 0.717) is 11.8 Å². The van der Waals surface area contributed by atoms with Gasteiger partial charge in [-0.2, -0.15) is 0 Å². The van der Waals surface area contributed by atoms with Crippen molar-refractivity contribution < 1.29 is 8.81 Å². The van der Waals surface area contributed by atoms with Crippen LogP contribution in [0.1, 0.15) is 25.3 Å². The van der Waals surface area contributed by atoms with Crippen LogP contribution in [0.2, 0.25) is 0 Å². The molecule has 5 heteroatoms. The summed E-state index contributed by atoms with van der Waals surface area (Å²) in [7, 11) is 1.84. The molecule has 17 heavy (non-hydrogen) atoms. The van der Waals surface area contributed by atoms with E-state index in [-0.39, 0.29) is 11.9 Å². The highest BCUT2D eigenvalue weighted by molar-refractivity contribution is 5.51. The van der Waals surface area contributed by atoms with Gasteiger partial charge in [0.25, 0.3) is 0 Å². The number of rotatable bonds is 4. The Morgan fingerprint density at radius 1 is 1.29 bits per heavy atom. The summed E-state index contributed by atoms with van der Waals surface area (Å²) in [5.41, 5.74) is 0.719. The molecule has 0 aliphatic carbocycles. The van der Waals surface area contributed by atoms with E-state index in [0.717, 1.165) is 12.0 Å². The summed E-state index contributed by atoms with van der Waals surface area (Å²) in [6, 6.07) is 6.03. The normalized spacial score (nSPS) is 12.6. The molecule has 90 valence electrons. The molecule has 0 aliphatic heterocycles. The fourth-order valence-electron chi connectivity index (χ4n) is 1.59. The molecule has 0 spiro atoms. The van der Waals surface area contributed by atoms with Gasteiger partial charge in [0.15, 0.2) is 0 Å². The Morgan fingerprint density at radius 3 is 2.59 bits per heavy atom. The second-order valence-corrected chi connectivity index (χ2v) is 3.70. The molecular formula is C12H14FN3O. The molecule has 1 aromatic heterocycles. The maximum absolute atomic E-state index is 12.8. The van der Waals surface area contributed by atoms with E-state index in [1.807, 2.05) is 14.0 Å². The number of nitrogens with zero attached hydrogens (tertiary/aromatic N) is 2. The molecule has 0 radical (unpaired) electrons. The van der Waals surface area contributed by atoms with E-state index in [4.69, 9.17) is 4.42 Å². The van der Waals surface area contributed by atoms with Crippen LogP contribution in [0.4, 0.5) is 4.39 Å². The summed E-state index contributed by atoms with van der Waals surface area (Å²) in [4.78, 5) is 0. The first kappa shape index (κ1) is 11.7. The number of halogens is 1. The largest absolute Gasteiger partial charge is 0.419 e. The van der Waals surface area contributed by atoms with Gasteiger partial charge >= 0.3 is 0 Å². The number of nitrogens with one attached hydrogen (secondary N) is 1. The summed E-state index contributed by atoms with van der Waals surface area (Å²) in [6.45, 7) is 2.03. The number of hydrogen-bond donors (Lipinski definition) is 1. The van der Waals surface area contributed by atoms with E-state index in [2.05, 4.69) is 15.5 Å². The smallest absolute Gasteiger partial charge is 0.247 e. The van der Waals surface area contributed by atoms with Gasteiger partial charge in [0.05, 0.1) is 6.04 Å². The lowest BCUT2D eigenvalue weighted by Crippen LogP contribution is -2.15. The Kier molecular flexibility index (Phi) is 3.49. The predicted molar refractivity (Wildman–Crippen MR) is 61.8 cm³/mol. The zero-order chi connectivity index (χ0) is 12.3. The van der Waals surface area contributed by atoms with Crippen molar-refractivity contribution in [3.05, 3.63) is 36.0 Å². The van der Waals surface area contributed by atoms with Crippen LogP contribution in [-0.4, -0.2) is 17.2 Å². The topological polar surface area (TPSA) is 51.0 Å². The monoisotopic (exact) mass is 235 g/mol. The molecule has 2 rings (SSSR count). The van der Waals surface area contributed by atoms with Gasteiger partial charge in [-0.15, -0.1) is 10.2 Å². The van der Waals surface area contributed by atoms with Gasteiger partial charge in [-0.1, -0.05) is 6.92 Å². The molecule has 1 aromatic carbocycles. The molecule has 1 unspecified atom stereocenters. The van der Waals surface area contributed by atoms with Crippen molar-refractivity contribution in [1.82, 2.24) is 15.5 Å². The summed E-state index contributed by atoms with van der Waals surface area (Å²) in [6.07, 6.45) is 0.863. The predicted octanol–water partition coefficient (Wildman–Crippen LogP) is 2.55. The highest BCUT2D eigenvalue weighted by Gasteiger charge is 2.15. The van der Waals surface area contributed by atoms with Crippen LogP contribution in [0.25, 0.3) is 11.5 Å². The third kappa shape index (κ3) is 2.50. The highest BCUT2D eigenvalue weighted by Crippen LogP contribution is 2.21. The van der Waals surface area contributed by atoms with Crippen molar-refractivity contribution in [2.75, 3.05) is 7.05 Å². The Balaban J connectivity index is 2.26. The minimum absolute atomic E-state index is 0.0525. The Morgan fingerprint density at radius 2 is 2.00 bits per heavy atom. The molecule has 0 fully saturated rings. The lowest BCUT2D eigenvalue weighted by atomic mass is 10.2. The second-order valence-electron chi connectivity index (χ2n) is 3.70. The fourth-order valence-corrected chi connectivity index (χ4v) is 1.59. The molecule has 0 bridgehead atoms. The molecule has 0 amide bonds. The minimum atomic E-state index is -0.282. The third-order valence-corrected chi connectivity index (χ3v) is 2.59. The van der Waals surface area contributed by atoms with Crippen molar-refractivity contribution in [3.8, 4) is 11.5 Å². The van der Waals surface area contributed by atoms with Crippen LogP contribution < -0.4 is 5.32 Å². The summed E-state index contributed by atoms with van der Waals surface area (Å²) in [5, 5.41) is 11.0. The van der Waals surface area contributed by atoms with Crippen molar-refractivity contribution in [3.63, 3.8) is 0 Å². The van der Waals surface area contributed by atoms with Gasteiger partial charge in [0, 0.05) is 5.56 Å². The Hall–Kier alpha value is -1.75. The Bertz CT molecular complexity index is 477. The van der Waals surface area contributed by atoms with E-state index in [1.54, 1.807) is 12.1 Å². The third-order valence-electron chi connectivity index (χ3n) is 2.59. The first-order valence-corrected chi connectivity index (χ1v) is 5.51. The number of aromatic nitrogens is 2. The molecule has 4 nitrogen and oxygen atoms in total. The van der Waals surface area contributed by atoms with Crippen molar-refractivity contribution in [1.29, 1.82) is 0 Å². The summed E-state index contributed by atoms with van der Waals surface area (Å²) in [5.74, 6) is 0.679. The molecule has 1 atom stereocenters. The highest BCUT2D eigenvalue weighted by atomic mass is 19.1. The minimum Gasteiger partial charge on any atom is -0.419 e. The van der Waals surface area contributed by atoms with Crippen LogP contribution >= 0.6 is 0 Å². The SMILES string of the molecule is CCC(NC)c1nnc(-c2ccc(F)cc2)o1. The molecule has 1 heterocycles. The van der Waals surface area contributed by atoms with Gasteiger partial charge in [0.1, 0.15) is 5.82 Å². The molecular weight excluding hydrogens is 221 g/mol. The fraction of sp³-hybridized carbons (Fsp3) is 0.333. The van der Waals surface area contributed by atoms with E-state index >= 15 is 0 Å². The lowest BCUT2D eigenvalue weighted by molar-refractivity contribution is 0.415. The standard InChI is InChI=1S/C12H14FN3O/c1-3-10(14-2)12-16-15-11(17-12)8-4-6-9(13)7-5-8/h4-7,10,14H,3H2,1-2H3.